The normalized spacial score (nSPS) is 10.3. The third-order valence-corrected chi connectivity index (χ3v) is 3.48. The number of hydrogen-bond donors (Lipinski definition) is 1. The summed E-state index contributed by atoms with van der Waals surface area (Å²) in [6.45, 7) is 1.90. The fraction of sp³-hybridized carbons (Fsp3) is 0.0714. The predicted molar refractivity (Wildman–Crippen MR) is 83.3 cm³/mol. The molecule has 1 amide bonds. The number of benzene rings is 2. The first kappa shape index (κ1) is 14.4. The molecule has 0 aliphatic heterocycles. The highest BCUT2D eigenvalue weighted by molar-refractivity contribution is 9.10. The van der Waals surface area contributed by atoms with Gasteiger partial charge in [-0.05, 0) is 42.8 Å². The molecule has 2 nitrogen and oxygen atoms in total. The van der Waals surface area contributed by atoms with Crippen LogP contribution in [0.1, 0.15) is 15.9 Å². The Bertz CT molecular complexity index is 623. The summed E-state index contributed by atoms with van der Waals surface area (Å²) in [5.74, 6) is -0.228. The number of hydrogen-bond acceptors (Lipinski definition) is 1. The van der Waals surface area contributed by atoms with Crippen molar-refractivity contribution in [1.29, 1.82) is 0 Å². The molecule has 0 saturated heterocycles. The second kappa shape index (κ2) is 5.95. The molecule has 0 fully saturated rings. The van der Waals surface area contributed by atoms with Crippen LogP contribution in [0.25, 0.3) is 0 Å². The molecule has 0 radical (unpaired) electrons. The van der Waals surface area contributed by atoms with Gasteiger partial charge in [0.25, 0.3) is 5.91 Å². The van der Waals surface area contributed by atoms with Crippen LogP contribution in [0, 0.1) is 6.92 Å². The smallest absolute Gasteiger partial charge is 0.255 e. The summed E-state index contributed by atoms with van der Waals surface area (Å²) >= 11 is 15.1. The van der Waals surface area contributed by atoms with Crippen molar-refractivity contribution in [2.24, 2.45) is 0 Å². The summed E-state index contributed by atoms with van der Waals surface area (Å²) in [4.78, 5) is 12.1. The first-order chi connectivity index (χ1) is 8.95. The number of halogens is 3. The van der Waals surface area contributed by atoms with Gasteiger partial charge in [-0.3, -0.25) is 4.79 Å². The Morgan fingerprint density at radius 1 is 1.11 bits per heavy atom. The van der Waals surface area contributed by atoms with Crippen molar-refractivity contribution in [1.82, 2.24) is 0 Å². The Kier molecular flexibility index (Phi) is 4.50. The molecule has 1 N–H and O–H groups in total. The lowest BCUT2D eigenvalue weighted by Gasteiger charge is -2.09. The van der Waals surface area contributed by atoms with E-state index in [1.165, 1.54) is 0 Å². The van der Waals surface area contributed by atoms with Gasteiger partial charge in [0.05, 0.1) is 0 Å². The molecule has 2 aromatic carbocycles. The maximum Gasteiger partial charge on any atom is 0.255 e. The molecule has 98 valence electrons. The quantitative estimate of drug-likeness (QED) is 0.773. The fourth-order valence-corrected chi connectivity index (χ4v) is 2.64. The van der Waals surface area contributed by atoms with E-state index < -0.39 is 0 Å². The molecule has 2 aromatic rings. The highest BCUT2D eigenvalue weighted by atomic mass is 79.9. The number of nitrogens with one attached hydrogen (secondary N) is 1. The van der Waals surface area contributed by atoms with Crippen molar-refractivity contribution in [3.63, 3.8) is 0 Å². The SMILES string of the molecule is Cc1ccc(Cl)cc1NC(=O)c1cc(Cl)cc(Br)c1. The second-order valence-electron chi connectivity index (χ2n) is 4.07. The van der Waals surface area contributed by atoms with Gasteiger partial charge < -0.3 is 5.32 Å². The molecular formula is C14H10BrCl2NO. The van der Waals surface area contributed by atoms with Crippen LogP contribution in [-0.2, 0) is 0 Å². The lowest BCUT2D eigenvalue weighted by molar-refractivity contribution is 0.102. The molecule has 0 saturated carbocycles. The monoisotopic (exact) mass is 357 g/mol. The fourth-order valence-electron chi connectivity index (χ4n) is 1.61. The van der Waals surface area contributed by atoms with Gasteiger partial charge in [-0.25, -0.2) is 0 Å². The van der Waals surface area contributed by atoms with Crippen LogP contribution in [0.4, 0.5) is 5.69 Å². The van der Waals surface area contributed by atoms with Crippen molar-refractivity contribution in [3.8, 4) is 0 Å². The zero-order valence-corrected chi connectivity index (χ0v) is 13.1. The van der Waals surface area contributed by atoms with Gasteiger partial charge in [0.15, 0.2) is 0 Å². The van der Waals surface area contributed by atoms with Crippen molar-refractivity contribution < 1.29 is 4.79 Å². The van der Waals surface area contributed by atoms with Gasteiger partial charge in [0.2, 0.25) is 0 Å². The van der Waals surface area contributed by atoms with Crippen molar-refractivity contribution in [2.45, 2.75) is 6.92 Å². The highest BCUT2D eigenvalue weighted by Gasteiger charge is 2.09. The van der Waals surface area contributed by atoms with Gasteiger partial charge in [0.1, 0.15) is 0 Å². The number of anilines is 1. The third-order valence-electron chi connectivity index (χ3n) is 2.57. The standard InChI is InChI=1S/C14H10BrCl2NO/c1-8-2-3-11(16)7-13(8)18-14(19)9-4-10(15)6-12(17)5-9/h2-7H,1H3,(H,18,19). The largest absolute Gasteiger partial charge is 0.322 e. The van der Waals surface area contributed by atoms with E-state index in [1.807, 2.05) is 13.0 Å². The molecule has 0 aliphatic rings. The Hall–Kier alpha value is -1.03. The van der Waals surface area contributed by atoms with Gasteiger partial charge >= 0.3 is 0 Å². The summed E-state index contributed by atoms with van der Waals surface area (Å²) in [6.07, 6.45) is 0. The molecule has 0 atom stereocenters. The summed E-state index contributed by atoms with van der Waals surface area (Å²) in [5.41, 5.74) is 2.12. The average Bonchev–Trinajstić information content (AvgIpc) is 2.32. The highest BCUT2D eigenvalue weighted by Crippen LogP contribution is 2.23. The molecule has 0 unspecified atom stereocenters. The maximum absolute atomic E-state index is 12.1. The molecule has 0 bridgehead atoms. The summed E-state index contributed by atoms with van der Waals surface area (Å²) < 4.78 is 0.757. The Balaban J connectivity index is 2.28. The van der Waals surface area contributed by atoms with Crippen molar-refractivity contribution in [3.05, 3.63) is 62.0 Å². The minimum Gasteiger partial charge on any atom is -0.322 e. The van der Waals surface area contributed by atoms with Gasteiger partial charge in [-0.2, -0.15) is 0 Å². The van der Waals surface area contributed by atoms with E-state index in [-0.39, 0.29) is 5.91 Å². The molecule has 0 spiro atoms. The van der Waals surface area contributed by atoms with E-state index in [0.717, 1.165) is 10.0 Å². The zero-order valence-electron chi connectivity index (χ0n) is 10.0. The number of carbonyl (C=O) groups excluding carboxylic acids is 1. The van der Waals surface area contributed by atoms with Crippen LogP contribution in [-0.4, -0.2) is 5.91 Å². The Morgan fingerprint density at radius 3 is 2.53 bits per heavy atom. The maximum atomic E-state index is 12.1. The molecule has 5 heteroatoms. The Labute approximate surface area is 129 Å². The third kappa shape index (κ3) is 3.72. The molecule has 2 rings (SSSR count). The summed E-state index contributed by atoms with van der Waals surface area (Å²) in [6, 6.07) is 10.4. The van der Waals surface area contributed by atoms with E-state index in [0.29, 0.717) is 21.3 Å². The number of aryl methyl sites for hydroxylation is 1. The van der Waals surface area contributed by atoms with E-state index in [9.17, 15) is 4.79 Å². The summed E-state index contributed by atoms with van der Waals surface area (Å²) in [7, 11) is 0. The van der Waals surface area contributed by atoms with Crippen LogP contribution in [0.2, 0.25) is 10.0 Å². The predicted octanol–water partition coefficient (Wildman–Crippen LogP) is 5.32. The van der Waals surface area contributed by atoms with Gasteiger partial charge in [-0.1, -0.05) is 45.2 Å². The Morgan fingerprint density at radius 2 is 1.84 bits per heavy atom. The molecule has 0 heterocycles. The van der Waals surface area contributed by atoms with Crippen LogP contribution < -0.4 is 5.32 Å². The number of carbonyl (C=O) groups is 1. The van der Waals surface area contributed by atoms with E-state index in [2.05, 4.69) is 21.2 Å². The van der Waals surface area contributed by atoms with E-state index >= 15 is 0 Å². The zero-order chi connectivity index (χ0) is 14.0. The van der Waals surface area contributed by atoms with Crippen molar-refractivity contribution >= 4 is 50.7 Å². The number of rotatable bonds is 2. The van der Waals surface area contributed by atoms with Crippen LogP contribution in [0.5, 0.6) is 0 Å². The topological polar surface area (TPSA) is 29.1 Å². The van der Waals surface area contributed by atoms with Crippen LogP contribution in [0.3, 0.4) is 0 Å². The average molecular weight is 359 g/mol. The number of amides is 1. The van der Waals surface area contributed by atoms with E-state index in [1.54, 1.807) is 30.3 Å². The summed E-state index contributed by atoms with van der Waals surface area (Å²) in [5, 5.41) is 3.90. The van der Waals surface area contributed by atoms with E-state index in [4.69, 9.17) is 23.2 Å². The molecule has 0 aliphatic carbocycles. The molecule has 19 heavy (non-hydrogen) atoms. The minimum atomic E-state index is -0.228. The first-order valence-electron chi connectivity index (χ1n) is 5.49. The lowest BCUT2D eigenvalue weighted by atomic mass is 10.1. The van der Waals surface area contributed by atoms with Crippen LogP contribution in [0.15, 0.2) is 40.9 Å². The molecular weight excluding hydrogens is 349 g/mol. The molecule has 0 aromatic heterocycles. The first-order valence-corrected chi connectivity index (χ1v) is 7.04. The minimum absolute atomic E-state index is 0.228. The van der Waals surface area contributed by atoms with Crippen LogP contribution >= 0.6 is 39.1 Å². The van der Waals surface area contributed by atoms with Gasteiger partial charge in [-0.15, -0.1) is 0 Å². The van der Waals surface area contributed by atoms with Crippen molar-refractivity contribution in [2.75, 3.05) is 5.32 Å². The lowest BCUT2D eigenvalue weighted by Crippen LogP contribution is -2.12. The van der Waals surface area contributed by atoms with Gasteiger partial charge in [0, 0.05) is 25.8 Å². The second-order valence-corrected chi connectivity index (χ2v) is 5.86.